The lowest BCUT2D eigenvalue weighted by Crippen LogP contribution is -2.33. The Morgan fingerprint density at radius 1 is 1.24 bits per heavy atom. The molecule has 0 aliphatic rings. The van der Waals surface area contributed by atoms with Crippen LogP contribution in [0.15, 0.2) is 47.3 Å². The molecule has 0 spiro atoms. The molecule has 0 aliphatic heterocycles. The Hall–Kier alpha value is -3.02. The van der Waals surface area contributed by atoms with Gasteiger partial charge >= 0.3 is 0 Å². The van der Waals surface area contributed by atoms with Crippen molar-refractivity contribution >= 4 is 16.8 Å². The molecule has 25 heavy (non-hydrogen) atoms. The van der Waals surface area contributed by atoms with Crippen molar-refractivity contribution in [2.45, 2.75) is 13.5 Å². The topological polar surface area (TPSA) is 55.2 Å². The van der Waals surface area contributed by atoms with Crippen molar-refractivity contribution in [3.8, 4) is 0 Å². The van der Waals surface area contributed by atoms with E-state index < -0.39 is 17.2 Å². The molecule has 0 fully saturated rings. The molecule has 0 bridgehead atoms. The third-order valence-corrected chi connectivity index (χ3v) is 4.13. The van der Waals surface area contributed by atoms with E-state index >= 15 is 0 Å². The molecule has 0 unspecified atom stereocenters. The van der Waals surface area contributed by atoms with Gasteiger partial charge in [0, 0.05) is 26.2 Å². The second kappa shape index (κ2) is 6.47. The molecule has 1 heterocycles. The van der Waals surface area contributed by atoms with E-state index in [1.54, 1.807) is 37.4 Å². The lowest BCUT2D eigenvalue weighted by Gasteiger charge is -2.17. The Kier molecular flexibility index (Phi) is 4.35. The second-order valence-corrected chi connectivity index (χ2v) is 6.07. The van der Waals surface area contributed by atoms with Crippen LogP contribution in [0.3, 0.4) is 0 Å². The van der Waals surface area contributed by atoms with E-state index in [-0.39, 0.29) is 12.2 Å². The number of amides is 1. The maximum Gasteiger partial charge on any atom is 0.278 e. The zero-order valence-electron chi connectivity index (χ0n) is 14.3. The van der Waals surface area contributed by atoms with Crippen LogP contribution >= 0.6 is 0 Å². The standard InChI is InChI=1S/C19H18FN3O2/c1-12-8-9-16-14(10-12)18(24)17(21-23(16)3)19(25)22(2)11-13-6-4-5-7-15(13)20/h4-10H,11H2,1-3H3. The number of carbonyl (C=O) groups excluding carboxylic acids is 1. The van der Waals surface area contributed by atoms with Crippen molar-refractivity contribution in [1.82, 2.24) is 14.7 Å². The van der Waals surface area contributed by atoms with E-state index in [0.717, 1.165) is 5.56 Å². The molecule has 3 rings (SSSR count). The first-order chi connectivity index (χ1) is 11.9. The van der Waals surface area contributed by atoms with Crippen molar-refractivity contribution in [3.63, 3.8) is 0 Å². The third kappa shape index (κ3) is 3.15. The van der Waals surface area contributed by atoms with Crippen LogP contribution in [-0.4, -0.2) is 27.6 Å². The average Bonchev–Trinajstić information content (AvgIpc) is 2.59. The van der Waals surface area contributed by atoms with Crippen molar-refractivity contribution in [1.29, 1.82) is 0 Å². The summed E-state index contributed by atoms with van der Waals surface area (Å²) < 4.78 is 15.3. The first-order valence-electron chi connectivity index (χ1n) is 7.85. The van der Waals surface area contributed by atoms with Gasteiger partial charge in [0.05, 0.1) is 10.9 Å². The molecular weight excluding hydrogens is 321 g/mol. The summed E-state index contributed by atoms with van der Waals surface area (Å²) >= 11 is 0. The molecular formula is C19H18FN3O2. The van der Waals surface area contributed by atoms with Crippen molar-refractivity contribution in [2.24, 2.45) is 7.05 Å². The smallest absolute Gasteiger partial charge is 0.278 e. The number of benzene rings is 2. The number of aryl methyl sites for hydroxylation is 2. The molecule has 1 aromatic heterocycles. The number of halogens is 1. The maximum atomic E-state index is 13.8. The number of hydrogen-bond donors (Lipinski definition) is 0. The van der Waals surface area contributed by atoms with Crippen LogP contribution < -0.4 is 5.43 Å². The van der Waals surface area contributed by atoms with Crippen LogP contribution in [0, 0.1) is 12.7 Å². The first kappa shape index (κ1) is 16.8. The molecule has 0 aliphatic carbocycles. The third-order valence-electron chi connectivity index (χ3n) is 4.13. The zero-order valence-corrected chi connectivity index (χ0v) is 14.3. The van der Waals surface area contributed by atoms with Gasteiger partial charge in [-0.15, -0.1) is 0 Å². The highest BCUT2D eigenvalue weighted by Crippen LogP contribution is 2.13. The minimum Gasteiger partial charge on any atom is -0.336 e. The zero-order chi connectivity index (χ0) is 18.1. The van der Waals surface area contributed by atoms with Gasteiger partial charge in [-0.05, 0) is 25.1 Å². The predicted molar refractivity (Wildman–Crippen MR) is 93.9 cm³/mol. The Bertz CT molecular complexity index is 1030. The minimum absolute atomic E-state index is 0.0577. The molecule has 2 aromatic carbocycles. The lowest BCUT2D eigenvalue weighted by atomic mass is 10.1. The highest BCUT2D eigenvalue weighted by Gasteiger charge is 2.21. The molecule has 6 heteroatoms. The normalized spacial score (nSPS) is 10.9. The number of nitrogens with zero attached hydrogens (tertiary/aromatic N) is 3. The molecule has 3 aromatic rings. The Morgan fingerprint density at radius 2 is 1.96 bits per heavy atom. The predicted octanol–water partition coefficient (Wildman–Crippen LogP) is 2.65. The Morgan fingerprint density at radius 3 is 2.68 bits per heavy atom. The van der Waals surface area contributed by atoms with Gasteiger partial charge in [0.1, 0.15) is 5.82 Å². The fraction of sp³-hybridized carbons (Fsp3) is 0.211. The van der Waals surface area contributed by atoms with Gasteiger partial charge in [-0.25, -0.2) is 4.39 Å². The number of hydrogen-bond acceptors (Lipinski definition) is 3. The summed E-state index contributed by atoms with van der Waals surface area (Å²) in [5, 5.41) is 4.58. The largest absolute Gasteiger partial charge is 0.336 e. The van der Waals surface area contributed by atoms with Gasteiger partial charge in [-0.2, -0.15) is 5.10 Å². The summed E-state index contributed by atoms with van der Waals surface area (Å²) in [6.45, 7) is 1.94. The van der Waals surface area contributed by atoms with Crippen molar-refractivity contribution in [2.75, 3.05) is 7.05 Å². The Labute approximate surface area is 144 Å². The summed E-state index contributed by atoms with van der Waals surface area (Å²) in [4.78, 5) is 26.7. The lowest BCUT2D eigenvalue weighted by molar-refractivity contribution is 0.0774. The summed E-state index contributed by atoms with van der Waals surface area (Å²) in [5.41, 5.74) is 1.38. The molecule has 0 saturated carbocycles. The molecule has 0 atom stereocenters. The number of rotatable bonds is 3. The van der Waals surface area contributed by atoms with Crippen molar-refractivity contribution in [3.05, 3.63) is 75.3 Å². The fourth-order valence-electron chi connectivity index (χ4n) is 2.77. The van der Waals surface area contributed by atoms with E-state index in [9.17, 15) is 14.0 Å². The minimum atomic E-state index is -0.535. The van der Waals surface area contributed by atoms with Gasteiger partial charge in [-0.3, -0.25) is 14.3 Å². The summed E-state index contributed by atoms with van der Waals surface area (Å²) in [5.74, 6) is -0.926. The maximum absolute atomic E-state index is 13.8. The molecule has 5 nitrogen and oxygen atoms in total. The van der Waals surface area contributed by atoms with E-state index in [2.05, 4.69) is 5.10 Å². The molecule has 0 saturated heterocycles. The summed E-state index contributed by atoms with van der Waals surface area (Å²) in [6.07, 6.45) is 0. The van der Waals surface area contributed by atoms with Crippen LogP contribution in [0.4, 0.5) is 4.39 Å². The van der Waals surface area contributed by atoms with Crippen LogP contribution in [0.2, 0.25) is 0 Å². The van der Waals surface area contributed by atoms with E-state index in [1.807, 2.05) is 13.0 Å². The van der Waals surface area contributed by atoms with Gasteiger partial charge < -0.3 is 4.90 Å². The van der Waals surface area contributed by atoms with Gasteiger partial charge in [-0.1, -0.05) is 29.8 Å². The number of aromatic nitrogens is 2. The van der Waals surface area contributed by atoms with Crippen molar-refractivity contribution < 1.29 is 9.18 Å². The van der Waals surface area contributed by atoms with Crippen LogP contribution in [0.25, 0.3) is 10.9 Å². The van der Waals surface area contributed by atoms with E-state index in [0.29, 0.717) is 16.5 Å². The SMILES string of the molecule is Cc1ccc2c(c1)c(=O)c(C(=O)N(C)Cc1ccccc1F)nn2C. The van der Waals surface area contributed by atoms with Crippen LogP contribution in [-0.2, 0) is 13.6 Å². The summed E-state index contributed by atoms with van der Waals surface area (Å²) in [6, 6.07) is 11.7. The van der Waals surface area contributed by atoms with Crippen LogP contribution in [0.5, 0.6) is 0 Å². The highest BCUT2D eigenvalue weighted by atomic mass is 19.1. The average molecular weight is 339 g/mol. The fourth-order valence-corrected chi connectivity index (χ4v) is 2.77. The first-order valence-corrected chi connectivity index (χ1v) is 7.85. The number of fused-ring (bicyclic) bond motifs is 1. The highest BCUT2D eigenvalue weighted by molar-refractivity contribution is 5.95. The molecule has 0 N–H and O–H groups in total. The molecule has 1 amide bonds. The van der Waals surface area contributed by atoms with E-state index in [1.165, 1.54) is 22.7 Å². The molecule has 128 valence electrons. The number of carbonyl (C=O) groups is 1. The summed E-state index contributed by atoms with van der Waals surface area (Å²) in [7, 11) is 3.21. The Balaban J connectivity index is 2.01. The molecule has 0 radical (unpaired) electrons. The second-order valence-electron chi connectivity index (χ2n) is 6.07. The monoisotopic (exact) mass is 339 g/mol. The van der Waals surface area contributed by atoms with Crippen LogP contribution in [0.1, 0.15) is 21.6 Å². The van der Waals surface area contributed by atoms with E-state index in [4.69, 9.17) is 0 Å². The van der Waals surface area contributed by atoms with Gasteiger partial charge in [0.25, 0.3) is 5.91 Å². The quantitative estimate of drug-likeness (QED) is 0.737. The van der Waals surface area contributed by atoms with Gasteiger partial charge in [0.2, 0.25) is 5.43 Å². The van der Waals surface area contributed by atoms with Gasteiger partial charge in [0.15, 0.2) is 5.69 Å².